The van der Waals surface area contributed by atoms with Crippen molar-refractivity contribution in [3.05, 3.63) is 37.1 Å². The van der Waals surface area contributed by atoms with E-state index in [-0.39, 0.29) is 30.8 Å². The summed E-state index contributed by atoms with van der Waals surface area (Å²) >= 11 is 0. The number of aryl methyl sites for hydroxylation is 1. The van der Waals surface area contributed by atoms with Crippen LogP contribution in [0.4, 0.5) is 4.79 Å². The molecular formula is C43H65N5O10. The quantitative estimate of drug-likeness (QED) is 0.184. The molecule has 5 heterocycles. The van der Waals surface area contributed by atoms with Gasteiger partial charge in [-0.2, -0.15) is 0 Å². The van der Waals surface area contributed by atoms with E-state index in [9.17, 15) is 24.3 Å². The number of carbonyl (C=O) groups excluding carboxylic acids is 4. The second kappa shape index (κ2) is 18.7. The highest BCUT2D eigenvalue weighted by Crippen LogP contribution is 2.43. The Kier molecular flexibility index (Phi) is 14.6. The van der Waals surface area contributed by atoms with Crippen molar-refractivity contribution in [1.29, 1.82) is 0 Å². The number of ether oxygens (including phenoxy) is 5. The molecule has 2 aromatic heterocycles. The number of aliphatic hydroxyl groups excluding tert-OH is 1. The van der Waals surface area contributed by atoms with Gasteiger partial charge in [0.15, 0.2) is 17.7 Å². The number of esters is 1. The molecule has 15 nitrogen and oxygen atoms in total. The molecule has 5 rings (SSSR count). The molecule has 322 valence electrons. The summed E-state index contributed by atoms with van der Waals surface area (Å²) in [6, 6.07) is 2.74. The van der Waals surface area contributed by atoms with Gasteiger partial charge in [-0.15, -0.1) is 0 Å². The Labute approximate surface area is 343 Å². The van der Waals surface area contributed by atoms with Crippen molar-refractivity contribution in [3.63, 3.8) is 0 Å². The minimum atomic E-state index is -1.40. The molecule has 0 aliphatic carbocycles. The molecule has 1 amide bonds. The van der Waals surface area contributed by atoms with Crippen LogP contribution in [0.3, 0.4) is 0 Å². The highest BCUT2D eigenvalue weighted by molar-refractivity contribution is 6.00. The van der Waals surface area contributed by atoms with Crippen LogP contribution >= 0.6 is 0 Å². The van der Waals surface area contributed by atoms with Gasteiger partial charge in [-0.05, 0) is 86.0 Å². The third-order valence-corrected chi connectivity index (χ3v) is 12.8. The fraction of sp³-hybridized carbons (Fsp3) is 0.721. The predicted octanol–water partition coefficient (Wildman–Crippen LogP) is 4.93. The van der Waals surface area contributed by atoms with E-state index < -0.39 is 83.4 Å². The minimum absolute atomic E-state index is 0.130. The van der Waals surface area contributed by atoms with Gasteiger partial charge in [0.1, 0.15) is 23.9 Å². The van der Waals surface area contributed by atoms with Crippen molar-refractivity contribution < 1.29 is 48.0 Å². The number of Topliss-reactive ketones (excluding diaryl/α,β-unsaturated/α-hetero) is 2. The summed E-state index contributed by atoms with van der Waals surface area (Å²) in [5.74, 6) is -4.95. The summed E-state index contributed by atoms with van der Waals surface area (Å²) in [4.78, 5) is 69.0. The van der Waals surface area contributed by atoms with Crippen molar-refractivity contribution >= 4 is 23.6 Å². The number of methoxy groups -OCH3 is 1. The fourth-order valence-electron chi connectivity index (χ4n) is 9.43. The maximum atomic E-state index is 14.7. The highest BCUT2D eigenvalue weighted by Gasteiger charge is 2.60. The Morgan fingerprint density at radius 2 is 1.72 bits per heavy atom. The molecule has 1 N–H and O–H groups in total. The number of rotatable bonds is 11. The molecule has 3 aliphatic rings. The van der Waals surface area contributed by atoms with Crippen LogP contribution in [0.5, 0.6) is 0 Å². The first-order valence-electron chi connectivity index (χ1n) is 20.8. The van der Waals surface area contributed by atoms with Crippen molar-refractivity contribution in [3.8, 4) is 11.3 Å². The predicted molar refractivity (Wildman–Crippen MR) is 214 cm³/mol. The lowest BCUT2D eigenvalue weighted by molar-refractivity contribution is -0.295. The van der Waals surface area contributed by atoms with Gasteiger partial charge in [0.25, 0.3) is 0 Å². The van der Waals surface area contributed by atoms with E-state index in [2.05, 4.69) is 9.97 Å². The van der Waals surface area contributed by atoms with Gasteiger partial charge in [0.05, 0.1) is 35.9 Å². The zero-order chi connectivity index (χ0) is 42.7. The van der Waals surface area contributed by atoms with Crippen molar-refractivity contribution in [2.45, 2.75) is 148 Å². The standard InChI is InChI=1S/C43H65N5O10/c1-12-33-43(8)37(48(41(53)58-43)19-14-13-18-47-23-31(45-24-47)30-16-15-17-44-22-30)27(4)34(49)25(2)21-42(7,54-11)38(28(5)35(50)29(6)39(52)56-33)57-40-36(51)32(46(9)10)20-26(3)55-40/h15-17,22-29,32-33,36-38,40,51H,12-14,18-21H2,1-11H3/t25-,26-,27+,28+,29-,32-,33-,36+,37-,38+,40+,42-,43-/m1/s1. The first kappa shape index (κ1) is 45.3. The summed E-state index contributed by atoms with van der Waals surface area (Å²) in [6.07, 6.45) is 4.45. The maximum Gasteiger partial charge on any atom is 0.410 e. The summed E-state index contributed by atoms with van der Waals surface area (Å²) in [5.41, 5.74) is -0.938. The number of ketones is 2. The molecular weight excluding hydrogens is 746 g/mol. The fourth-order valence-corrected chi connectivity index (χ4v) is 9.43. The molecule has 13 atom stereocenters. The lowest BCUT2D eigenvalue weighted by atomic mass is 9.73. The lowest BCUT2D eigenvalue weighted by Gasteiger charge is -2.47. The zero-order valence-corrected chi connectivity index (χ0v) is 36.1. The lowest BCUT2D eigenvalue weighted by Crippen LogP contribution is -2.60. The van der Waals surface area contributed by atoms with Crippen LogP contribution in [-0.4, -0.2) is 135 Å². The molecule has 3 fully saturated rings. The zero-order valence-electron chi connectivity index (χ0n) is 36.1. The monoisotopic (exact) mass is 811 g/mol. The van der Waals surface area contributed by atoms with Crippen LogP contribution in [0.2, 0.25) is 0 Å². The molecule has 0 spiro atoms. The summed E-state index contributed by atoms with van der Waals surface area (Å²) < 4.78 is 33.2. The summed E-state index contributed by atoms with van der Waals surface area (Å²) in [5, 5.41) is 11.4. The largest absolute Gasteiger partial charge is 0.458 e. The third kappa shape index (κ3) is 9.33. The Bertz CT molecular complexity index is 1740. The van der Waals surface area contributed by atoms with Gasteiger partial charge >= 0.3 is 12.1 Å². The number of hydrogen-bond donors (Lipinski definition) is 1. The average Bonchev–Trinajstić information content (AvgIpc) is 3.78. The number of cyclic esters (lactones) is 1. The van der Waals surface area contributed by atoms with Crippen LogP contribution in [0.25, 0.3) is 11.3 Å². The summed E-state index contributed by atoms with van der Waals surface area (Å²) in [7, 11) is 5.24. The highest BCUT2D eigenvalue weighted by atomic mass is 16.7. The number of likely N-dealkylation sites (N-methyl/N-ethyl adjacent to an activating group) is 1. The number of pyridine rings is 1. The van der Waals surface area contributed by atoms with Crippen molar-refractivity contribution in [2.24, 2.45) is 23.7 Å². The third-order valence-electron chi connectivity index (χ3n) is 12.8. The van der Waals surface area contributed by atoms with Crippen LogP contribution < -0.4 is 0 Å². The topological polar surface area (TPSA) is 172 Å². The molecule has 0 saturated carbocycles. The Morgan fingerprint density at radius 3 is 2.36 bits per heavy atom. The van der Waals surface area contributed by atoms with Gasteiger partial charge in [-0.25, -0.2) is 9.78 Å². The van der Waals surface area contributed by atoms with E-state index in [1.54, 1.807) is 51.3 Å². The number of unbranched alkanes of at least 4 members (excludes halogenated alkanes) is 1. The van der Waals surface area contributed by atoms with Crippen LogP contribution in [0.1, 0.15) is 87.5 Å². The minimum Gasteiger partial charge on any atom is -0.458 e. The molecule has 0 bridgehead atoms. The van der Waals surface area contributed by atoms with E-state index in [0.29, 0.717) is 32.4 Å². The van der Waals surface area contributed by atoms with E-state index in [4.69, 9.17) is 23.7 Å². The molecule has 15 heteroatoms. The molecule has 3 saturated heterocycles. The molecule has 2 aromatic rings. The van der Waals surface area contributed by atoms with Gasteiger partial charge in [-0.3, -0.25) is 19.4 Å². The van der Waals surface area contributed by atoms with Crippen LogP contribution in [0.15, 0.2) is 37.1 Å². The normalized spacial score (nSPS) is 36.7. The number of imidazole rings is 1. The molecule has 0 unspecified atom stereocenters. The van der Waals surface area contributed by atoms with E-state index in [1.165, 1.54) is 14.0 Å². The smallest absolute Gasteiger partial charge is 0.410 e. The molecule has 0 aromatic carbocycles. The maximum absolute atomic E-state index is 14.7. The number of fused-ring (bicyclic) bond motifs is 1. The second-order valence-corrected chi connectivity index (χ2v) is 17.3. The number of amides is 1. The Balaban J connectivity index is 1.43. The van der Waals surface area contributed by atoms with Gasteiger partial charge < -0.3 is 43.2 Å². The Hall–Kier alpha value is -3.76. The van der Waals surface area contributed by atoms with Gasteiger partial charge in [0, 0.05) is 68.1 Å². The van der Waals surface area contributed by atoms with Crippen molar-refractivity contribution in [1.82, 2.24) is 24.3 Å². The van der Waals surface area contributed by atoms with E-state index >= 15 is 0 Å². The number of aliphatic hydroxyl groups is 1. The van der Waals surface area contributed by atoms with Crippen LogP contribution in [0, 0.1) is 23.7 Å². The second-order valence-electron chi connectivity index (χ2n) is 17.3. The van der Waals surface area contributed by atoms with Gasteiger partial charge in [0.2, 0.25) is 0 Å². The van der Waals surface area contributed by atoms with E-state index in [1.807, 2.05) is 62.7 Å². The first-order valence-corrected chi connectivity index (χ1v) is 20.8. The van der Waals surface area contributed by atoms with Crippen molar-refractivity contribution in [2.75, 3.05) is 27.7 Å². The number of nitrogens with zero attached hydrogens (tertiary/aromatic N) is 5. The molecule has 58 heavy (non-hydrogen) atoms. The number of carbonyl (C=O) groups is 4. The molecule has 0 radical (unpaired) electrons. The van der Waals surface area contributed by atoms with Gasteiger partial charge in [-0.1, -0.05) is 27.7 Å². The Morgan fingerprint density at radius 1 is 1.02 bits per heavy atom. The number of aromatic nitrogens is 3. The average molecular weight is 812 g/mol. The van der Waals surface area contributed by atoms with E-state index in [0.717, 1.165) is 11.3 Å². The number of hydrogen-bond acceptors (Lipinski definition) is 13. The SMILES string of the molecule is CC[C@H]1OC(=O)[C@H](C)C(=O)[C@H](C)[C@H](O[C@@H]2O[C@H](C)C[C@@H](N(C)C)[C@@H]2O)[C@](C)(OC)C[C@@H](C)C(=O)[C@H](C)[C@H]2N(CCCCn3cnc(-c4cccnc4)c3)C(=O)O[C@]12C. The first-order chi connectivity index (χ1) is 27.4. The summed E-state index contributed by atoms with van der Waals surface area (Å²) in [6.45, 7) is 14.9. The molecule has 3 aliphatic heterocycles. The van der Waals surface area contributed by atoms with Crippen LogP contribution in [-0.2, 0) is 44.6 Å².